The van der Waals surface area contributed by atoms with Gasteiger partial charge in [-0.25, -0.2) is 16.8 Å². The van der Waals surface area contributed by atoms with Crippen molar-refractivity contribution in [1.29, 1.82) is 0 Å². The molecule has 43 heavy (non-hydrogen) atoms. The van der Waals surface area contributed by atoms with E-state index in [0.717, 1.165) is 11.8 Å². The van der Waals surface area contributed by atoms with Gasteiger partial charge in [0.25, 0.3) is 0 Å². The number of sulfonamides is 2. The molecule has 2 aliphatic rings. The van der Waals surface area contributed by atoms with Crippen LogP contribution in [0.3, 0.4) is 0 Å². The number of hydrogen-bond donors (Lipinski definition) is 1. The summed E-state index contributed by atoms with van der Waals surface area (Å²) in [5.74, 6) is 0. The first kappa shape index (κ1) is 33.3. The van der Waals surface area contributed by atoms with Gasteiger partial charge in [-0.15, -0.1) is 0 Å². The molecule has 234 valence electrons. The van der Waals surface area contributed by atoms with E-state index in [-0.39, 0.29) is 48.1 Å². The lowest BCUT2D eigenvalue weighted by Crippen LogP contribution is -2.59. The smallest absolute Gasteiger partial charge is 0.376 e. The van der Waals surface area contributed by atoms with Crippen LogP contribution in [0.4, 0.5) is 18.9 Å². The van der Waals surface area contributed by atoms with E-state index < -0.39 is 37.9 Å². The molecule has 0 bridgehead atoms. The third-order valence-corrected chi connectivity index (χ3v) is 11.4. The van der Waals surface area contributed by atoms with Gasteiger partial charge in [0.1, 0.15) is 0 Å². The lowest BCUT2D eigenvalue weighted by Gasteiger charge is -2.44. The summed E-state index contributed by atoms with van der Waals surface area (Å²) in [5.41, 5.74) is -2.02. The molecule has 0 saturated carbocycles. The number of anilines is 1. The van der Waals surface area contributed by atoms with E-state index in [1.54, 1.807) is 17.1 Å². The van der Waals surface area contributed by atoms with Gasteiger partial charge in [-0.3, -0.25) is 0 Å². The highest BCUT2D eigenvalue weighted by molar-refractivity contribution is 7.96. The first-order valence-electron chi connectivity index (χ1n) is 13.6. The minimum atomic E-state index is -4.89. The Morgan fingerprint density at radius 3 is 2.26 bits per heavy atom. The molecule has 2 aromatic rings. The first-order chi connectivity index (χ1) is 20.0. The summed E-state index contributed by atoms with van der Waals surface area (Å²) in [6.45, 7) is 0.866. The fourth-order valence-electron chi connectivity index (χ4n) is 5.10. The number of benzene rings is 2. The molecule has 1 aliphatic heterocycles. The molecule has 0 radical (unpaired) electrons. The number of alkyl halides is 3. The zero-order valence-corrected chi connectivity index (χ0v) is 26.2. The predicted octanol–water partition coefficient (Wildman–Crippen LogP) is 3.99. The summed E-state index contributed by atoms with van der Waals surface area (Å²) in [6.07, 6.45) is 1.79. The number of allylic oxidation sites excluding steroid dienone is 4. The maximum Gasteiger partial charge on any atom is 0.421 e. The Hall–Kier alpha value is -2.62. The Kier molecular flexibility index (Phi) is 9.89. The van der Waals surface area contributed by atoms with E-state index in [1.807, 2.05) is 30.3 Å². The molecule has 1 saturated heterocycles. The average Bonchev–Trinajstić information content (AvgIpc) is 2.94. The SMILES string of the molecule is CC(O)(c1ccc(N2CCN(S(=O)(=O)C3=CC=CCC3=S)C[C@H]2CN(CCc2ccccc2)S(C)(=O)=O)cc1)C(F)(F)F. The molecule has 1 aliphatic carbocycles. The van der Waals surface area contributed by atoms with Crippen molar-refractivity contribution in [3.8, 4) is 0 Å². The molecule has 4 rings (SSSR count). The van der Waals surface area contributed by atoms with E-state index in [1.165, 1.54) is 39.0 Å². The summed E-state index contributed by atoms with van der Waals surface area (Å²) in [7, 11) is -7.72. The molecule has 0 aromatic heterocycles. The average molecular weight is 658 g/mol. The van der Waals surface area contributed by atoms with Crippen LogP contribution in [0.5, 0.6) is 0 Å². The number of piperazine rings is 1. The first-order valence-corrected chi connectivity index (χ1v) is 17.3. The molecular formula is C29H34F3N3O5S3. The molecule has 0 amide bonds. The van der Waals surface area contributed by atoms with Gasteiger partial charge in [0, 0.05) is 49.7 Å². The van der Waals surface area contributed by atoms with Crippen molar-refractivity contribution in [2.75, 3.05) is 43.9 Å². The summed E-state index contributed by atoms with van der Waals surface area (Å²) in [4.78, 5) is 2.11. The van der Waals surface area contributed by atoms with Gasteiger partial charge in [-0.1, -0.05) is 66.8 Å². The fourth-order valence-corrected chi connectivity index (χ4v) is 8.04. The van der Waals surface area contributed by atoms with Gasteiger partial charge >= 0.3 is 6.18 Å². The fraction of sp³-hybridized carbons (Fsp3) is 0.414. The molecule has 0 spiro atoms. The maximum absolute atomic E-state index is 13.6. The summed E-state index contributed by atoms with van der Waals surface area (Å²) in [5, 5.41) is 10.1. The van der Waals surface area contributed by atoms with Gasteiger partial charge < -0.3 is 10.0 Å². The third-order valence-electron chi connectivity index (χ3n) is 7.71. The van der Waals surface area contributed by atoms with Gasteiger partial charge in [-0.05, 0) is 42.7 Å². The Balaban J connectivity index is 1.66. The Bertz CT molecular complexity index is 1590. The van der Waals surface area contributed by atoms with E-state index in [2.05, 4.69) is 0 Å². The second kappa shape index (κ2) is 12.8. The maximum atomic E-state index is 13.6. The van der Waals surface area contributed by atoms with Crippen LogP contribution in [0.1, 0.15) is 24.5 Å². The van der Waals surface area contributed by atoms with Gasteiger partial charge in [0.05, 0.1) is 17.2 Å². The minimum Gasteiger partial charge on any atom is -0.376 e. The highest BCUT2D eigenvalue weighted by Gasteiger charge is 2.51. The molecule has 14 heteroatoms. The van der Waals surface area contributed by atoms with E-state index in [0.29, 0.717) is 25.5 Å². The van der Waals surface area contributed by atoms with E-state index in [4.69, 9.17) is 12.2 Å². The minimum absolute atomic E-state index is 0.0278. The number of hydrogen-bond acceptors (Lipinski definition) is 7. The van der Waals surface area contributed by atoms with Crippen molar-refractivity contribution in [3.05, 3.63) is 88.9 Å². The van der Waals surface area contributed by atoms with E-state index >= 15 is 0 Å². The van der Waals surface area contributed by atoms with Crippen LogP contribution in [-0.2, 0) is 32.1 Å². The second-order valence-electron chi connectivity index (χ2n) is 10.8. The molecule has 1 fully saturated rings. The van der Waals surface area contributed by atoms with Crippen LogP contribution < -0.4 is 4.90 Å². The number of nitrogens with zero attached hydrogens (tertiary/aromatic N) is 3. The van der Waals surface area contributed by atoms with Crippen molar-refractivity contribution in [1.82, 2.24) is 8.61 Å². The number of thiocarbonyl (C=S) groups is 1. The monoisotopic (exact) mass is 657 g/mol. The number of rotatable bonds is 10. The van der Waals surface area contributed by atoms with Gasteiger partial charge in [0.2, 0.25) is 20.0 Å². The quantitative estimate of drug-likeness (QED) is 0.386. The topological polar surface area (TPSA) is 98.2 Å². The summed E-state index contributed by atoms with van der Waals surface area (Å²) in [6, 6.07) is 13.8. The Morgan fingerprint density at radius 2 is 1.67 bits per heavy atom. The lowest BCUT2D eigenvalue weighted by molar-refractivity contribution is -0.258. The van der Waals surface area contributed by atoms with Crippen molar-refractivity contribution in [3.63, 3.8) is 0 Å². The highest BCUT2D eigenvalue weighted by Crippen LogP contribution is 2.39. The van der Waals surface area contributed by atoms with Crippen LogP contribution >= 0.6 is 12.2 Å². The van der Waals surface area contributed by atoms with Crippen LogP contribution in [0, 0.1) is 0 Å². The summed E-state index contributed by atoms with van der Waals surface area (Å²) >= 11 is 5.32. The van der Waals surface area contributed by atoms with Crippen LogP contribution in [0.15, 0.2) is 77.7 Å². The highest BCUT2D eigenvalue weighted by atomic mass is 32.2. The Labute approximate surface area is 256 Å². The molecule has 1 unspecified atom stereocenters. The molecule has 1 N–H and O–H groups in total. The van der Waals surface area contributed by atoms with Crippen molar-refractivity contribution in [2.24, 2.45) is 0 Å². The zero-order chi connectivity index (χ0) is 31.6. The Morgan fingerprint density at radius 1 is 1.02 bits per heavy atom. The predicted molar refractivity (Wildman–Crippen MR) is 165 cm³/mol. The normalized spacial score (nSPS) is 20.3. The summed E-state index contributed by atoms with van der Waals surface area (Å²) < 4.78 is 95.9. The van der Waals surface area contributed by atoms with E-state index in [9.17, 15) is 35.1 Å². The zero-order valence-electron chi connectivity index (χ0n) is 23.7. The van der Waals surface area contributed by atoms with Gasteiger partial charge in [-0.2, -0.15) is 21.8 Å². The lowest BCUT2D eigenvalue weighted by atomic mass is 9.95. The molecule has 2 atom stereocenters. The van der Waals surface area contributed by atoms with Crippen molar-refractivity contribution >= 4 is 42.8 Å². The van der Waals surface area contributed by atoms with Crippen LogP contribution in [-0.4, -0.2) is 86.6 Å². The second-order valence-corrected chi connectivity index (χ2v) is 15.2. The standard InChI is InChI=1S/C29H34F3N3O5S3/c1-28(36,29(30,31)32)23-12-14-24(15-13-23)35-19-18-34(43(39,40)27-11-7-6-10-26(27)41)21-25(35)20-33(42(2,37)38)17-16-22-8-4-3-5-9-22/h3-9,11-15,25,36H,10,16-21H2,1-2H3/t25-,28?/m1/s1. The van der Waals surface area contributed by atoms with Crippen molar-refractivity contribution < 1.29 is 35.1 Å². The van der Waals surface area contributed by atoms with Crippen LogP contribution in [0.2, 0.25) is 0 Å². The molecule has 8 nitrogen and oxygen atoms in total. The molecule has 2 aromatic carbocycles. The largest absolute Gasteiger partial charge is 0.421 e. The molecule has 1 heterocycles. The third kappa shape index (κ3) is 7.55. The van der Waals surface area contributed by atoms with Gasteiger partial charge in [0.15, 0.2) is 5.60 Å². The van der Waals surface area contributed by atoms with Crippen molar-refractivity contribution in [2.45, 2.75) is 37.6 Å². The number of aliphatic hydroxyl groups is 1. The number of halogens is 3. The molecular weight excluding hydrogens is 624 g/mol. The van der Waals surface area contributed by atoms with Crippen LogP contribution in [0.25, 0.3) is 0 Å².